The maximum absolute atomic E-state index is 12.4. The highest BCUT2D eigenvalue weighted by atomic mass is 16.5. The van der Waals surface area contributed by atoms with Gasteiger partial charge in [0.1, 0.15) is 5.57 Å². The summed E-state index contributed by atoms with van der Waals surface area (Å²) < 4.78 is 5.18. The first-order valence-electron chi connectivity index (χ1n) is 9.29. The molecule has 0 saturated carbocycles. The normalized spacial score (nSPS) is 14.5. The number of hydrogen-bond donors (Lipinski definition) is 1. The zero-order valence-electron chi connectivity index (χ0n) is 16.4. The molecule has 1 N–H and O–H groups in total. The Morgan fingerprint density at radius 2 is 1.57 bits per heavy atom. The third kappa shape index (κ3) is 4.64. The predicted octanol–water partition coefficient (Wildman–Crippen LogP) is 2.42. The second-order valence-electron chi connectivity index (χ2n) is 6.03. The number of imide groups is 2. The van der Waals surface area contributed by atoms with Crippen LogP contribution in [0.2, 0.25) is 0 Å². The van der Waals surface area contributed by atoms with Gasteiger partial charge in [0.2, 0.25) is 0 Å². The number of carbonyl (C=O) groups is 4. The third-order valence-electron chi connectivity index (χ3n) is 4.31. The summed E-state index contributed by atoms with van der Waals surface area (Å²) >= 11 is 0. The first-order chi connectivity index (χ1) is 13.4. The lowest BCUT2D eigenvalue weighted by molar-refractivity contribution is -0.135. The Bertz CT molecular complexity index is 758. The minimum Gasteiger partial charge on any atom is -0.381 e. The summed E-state index contributed by atoms with van der Waals surface area (Å²) in [5.41, 5.74) is 1.06. The van der Waals surface area contributed by atoms with Gasteiger partial charge < -0.3 is 10.1 Å². The third-order valence-corrected chi connectivity index (χ3v) is 4.31. The van der Waals surface area contributed by atoms with Crippen LogP contribution >= 0.6 is 0 Å². The lowest BCUT2D eigenvalue weighted by Gasteiger charge is -2.32. The van der Waals surface area contributed by atoms with Crippen molar-refractivity contribution in [1.29, 1.82) is 0 Å². The highest BCUT2D eigenvalue weighted by molar-refractivity contribution is 6.28. The SMILES string of the molecule is CCOCCC(=O)c1ccc(NC=C2C(=O)N(CC)C(=O)N(CC)C2=O)cc1. The van der Waals surface area contributed by atoms with Crippen LogP contribution in [0.4, 0.5) is 10.5 Å². The maximum atomic E-state index is 12.4. The average molecular weight is 387 g/mol. The summed E-state index contributed by atoms with van der Waals surface area (Å²) in [5, 5.41) is 2.89. The predicted molar refractivity (Wildman–Crippen MR) is 104 cm³/mol. The number of ether oxygens (including phenoxy) is 1. The molecule has 150 valence electrons. The minimum absolute atomic E-state index is 0.0216. The number of benzene rings is 1. The van der Waals surface area contributed by atoms with E-state index in [9.17, 15) is 19.2 Å². The topological polar surface area (TPSA) is 96.0 Å². The van der Waals surface area contributed by atoms with Crippen molar-refractivity contribution in [3.05, 3.63) is 41.6 Å². The zero-order valence-corrected chi connectivity index (χ0v) is 16.4. The number of carbonyl (C=O) groups excluding carboxylic acids is 4. The summed E-state index contributed by atoms with van der Waals surface area (Å²) in [6.07, 6.45) is 1.61. The molecule has 2 rings (SSSR count). The van der Waals surface area contributed by atoms with Gasteiger partial charge in [0, 0.05) is 43.6 Å². The number of hydrogen-bond acceptors (Lipinski definition) is 6. The number of barbiturate groups is 1. The molecule has 0 unspecified atom stereocenters. The average Bonchev–Trinajstić information content (AvgIpc) is 2.69. The number of likely N-dealkylation sites (N-methyl/N-ethyl adjacent to an activating group) is 2. The van der Waals surface area contributed by atoms with E-state index in [-0.39, 0.29) is 24.4 Å². The number of urea groups is 1. The van der Waals surface area contributed by atoms with Crippen LogP contribution in [0, 0.1) is 0 Å². The second kappa shape index (κ2) is 9.80. The number of rotatable bonds is 9. The molecule has 8 heteroatoms. The van der Waals surface area contributed by atoms with E-state index in [2.05, 4.69) is 5.32 Å². The van der Waals surface area contributed by atoms with Crippen LogP contribution in [0.25, 0.3) is 0 Å². The van der Waals surface area contributed by atoms with E-state index < -0.39 is 17.8 Å². The maximum Gasteiger partial charge on any atom is 0.333 e. The van der Waals surface area contributed by atoms with Gasteiger partial charge in [0.25, 0.3) is 11.8 Å². The summed E-state index contributed by atoms with van der Waals surface area (Å²) in [6.45, 7) is 6.52. The van der Waals surface area contributed by atoms with Crippen molar-refractivity contribution in [2.45, 2.75) is 27.2 Å². The number of nitrogens with zero attached hydrogens (tertiary/aromatic N) is 2. The molecule has 28 heavy (non-hydrogen) atoms. The fourth-order valence-electron chi connectivity index (χ4n) is 2.74. The van der Waals surface area contributed by atoms with Gasteiger partial charge in [-0.05, 0) is 45.0 Å². The number of Topliss-reactive ketones (excluding diaryl/α,β-unsaturated/α-hetero) is 1. The lowest BCUT2D eigenvalue weighted by Crippen LogP contribution is -2.56. The Balaban J connectivity index is 2.11. The summed E-state index contributed by atoms with van der Waals surface area (Å²) in [5.74, 6) is -1.28. The van der Waals surface area contributed by atoms with Gasteiger partial charge in [-0.2, -0.15) is 0 Å². The van der Waals surface area contributed by atoms with Crippen molar-refractivity contribution in [1.82, 2.24) is 9.80 Å². The van der Waals surface area contributed by atoms with Gasteiger partial charge in [-0.15, -0.1) is 0 Å². The Hall–Kier alpha value is -3.00. The second-order valence-corrected chi connectivity index (χ2v) is 6.03. The molecule has 4 amide bonds. The smallest absolute Gasteiger partial charge is 0.333 e. The quantitative estimate of drug-likeness (QED) is 0.303. The molecule has 1 aromatic rings. The van der Waals surface area contributed by atoms with Crippen LogP contribution in [0.1, 0.15) is 37.6 Å². The first-order valence-corrected chi connectivity index (χ1v) is 9.29. The summed E-state index contributed by atoms with van der Waals surface area (Å²) in [6, 6.07) is 6.10. The molecule has 1 aliphatic rings. The number of amides is 4. The number of nitrogens with one attached hydrogen (secondary N) is 1. The van der Waals surface area contributed by atoms with Crippen LogP contribution in [-0.2, 0) is 14.3 Å². The molecule has 8 nitrogen and oxygen atoms in total. The van der Waals surface area contributed by atoms with Crippen LogP contribution in [-0.4, -0.2) is 59.7 Å². The molecule has 1 fully saturated rings. The van der Waals surface area contributed by atoms with E-state index in [0.717, 1.165) is 9.80 Å². The summed E-state index contributed by atoms with van der Waals surface area (Å²) in [4.78, 5) is 51.1. The molecule has 1 heterocycles. The van der Waals surface area contributed by atoms with E-state index in [1.165, 1.54) is 6.20 Å². The van der Waals surface area contributed by atoms with Crippen LogP contribution < -0.4 is 5.32 Å². The summed E-state index contributed by atoms with van der Waals surface area (Å²) in [7, 11) is 0. The molecule has 0 aliphatic carbocycles. The van der Waals surface area contributed by atoms with Crippen molar-refractivity contribution in [2.75, 3.05) is 31.6 Å². The van der Waals surface area contributed by atoms with Gasteiger partial charge in [-0.1, -0.05) is 0 Å². The molecule has 1 aromatic carbocycles. The Morgan fingerprint density at radius 1 is 1.00 bits per heavy atom. The fraction of sp³-hybridized carbons (Fsp3) is 0.400. The molecule has 0 radical (unpaired) electrons. The highest BCUT2D eigenvalue weighted by Gasteiger charge is 2.40. The van der Waals surface area contributed by atoms with Crippen molar-refractivity contribution < 1.29 is 23.9 Å². The van der Waals surface area contributed by atoms with Crippen molar-refractivity contribution in [3.8, 4) is 0 Å². The van der Waals surface area contributed by atoms with E-state index >= 15 is 0 Å². The standard InChI is InChI=1S/C20H25N3O5/c1-4-22-18(25)16(19(26)23(5-2)20(22)27)13-21-15-9-7-14(8-10-15)17(24)11-12-28-6-3/h7-10,13,21H,4-6,11-12H2,1-3H3. The largest absolute Gasteiger partial charge is 0.381 e. The van der Waals surface area contributed by atoms with E-state index in [1.54, 1.807) is 38.1 Å². The number of anilines is 1. The van der Waals surface area contributed by atoms with Crippen LogP contribution in [0.5, 0.6) is 0 Å². The van der Waals surface area contributed by atoms with Gasteiger partial charge in [-0.3, -0.25) is 24.2 Å². The number of ketones is 1. The highest BCUT2D eigenvalue weighted by Crippen LogP contribution is 2.18. The van der Waals surface area contributed by atoms with E-state index in [4.69, 9.17) is 4.74 Å². The van der Waals surface area contributed by atoms with Gasteiger partial charge in [0.15, 0.2) is 5.78 Å². The zero-order chi connectivity index (χ0) is 20.7. The Morgan fingerprint density at radius 3 is 2.07 bits per heavy atom. The van der Waals surface area contributed by atoms with Crippen LogP contribution in [0.15, 0.2) is 36.0 Å². The van der Waals surface area contributed by atoms with E-state index in [1.807, 2.05) is 6.92 Å². The molecule has 0 bridgehead atoms. The minimum atomic E-state index is -0.627. The first kappa shape index (κ1) is 21.3. The van der Waals surface area contributed by atoms with Crippen LogP contribution in [0.3, 0.4) is 0 Å². The monoisotopic (exact) mass is 387 g/mol. The van der Waals surface area contributed by atoms with Gasteiger partial charge >= 0.3 is 6.03 Å². The lowest BCUT2D eigenvalue weighted by atomic mass is 10.1. The van der Waals surface area contributed by atoms with E-state index in [0.29, 0.717) is 30.9 Å². The Labute approximate surface area is 164 Å². The van der Waals surface area contributed by atoms with Crippen molar-refractivity contribution in [3.63, 3.8) is 0 Å². The Kier molecular flexibility index (Phi) is 7.45. The molecule has 1 aliphatic heterocycles. The van der Waals surface area contributed by atoms with Gasteiger partial charge in [-0.25, -0.2) is 4.79 Å². The molecule has 1 saturated heterocycles. The molecule has 0 aromatic heterocycles. The molecule has 0 atom stereocenters. The fourth-order valence-corrected chi connectivity index (χ4v) is 2.74. The molecular weight excluding hydrogens is 362 g/mol. The van der Waals surface area contributed by atoms with Crippen molar-refractivity contribution >= 4 is 29.3 Å². The molecular formula is C20H25N3O5. The molecule has 0 spiro atoms. The van der Waals surface area contributed by atoms with Crippen molar-refractivity contribution in [2.24, 2.45) is 0 Å². The van der Waals surface area contributed by atoms with Gasteiger partial charge in [0.05, 0.1) is 6.61 Å².